The number of carbonyl (C=O) groups excluding carboxylic acids is 3. The summed E-state index contributed by atoms with van der Waals surface area (Å²) in [6.07, 6.45) is -6.21. The first-order chi connectivity index (χ1) is 49.6. The minimum Gasteiger partial charge on any atom is -1.00 e. The summed E-state index contributed by atoms with van der Waals surface area (Å²) < 4.78 is 179. The largest absolute Gasteiger partial charge is 1.00 e. The van der Waals surface area contributed by atoms with Crippen LogP contribution in [-0.2, 0) is 54.3 Å². The molecule has 3 aromatic heterocycles. The number of nitrogens with two attached hydrogens (primary N) is 2. The molecule has 0 aliphatic heterocycles. The topological polar surface area (TPSA) is 257 Å². The molecule has 19 rings (SSSR count). The van der Waals surface area contributed by atoms with Gasteiger partial charge in [-0.3, -0.25) is 14.4 Å². The van der Waals surface area contributed by atoms with E-state index in [1.54, 1.807) is 43.0 Å². The number of Topliss-reactive ketones (excluding diaryl/α,β-unsaturated/α-hetero) is 3. The van der Waals surface area contributed by atoms with Crippen LogP contribution >= 0.6 is 23.2 Å². The van der Waals surface area contributed by atoms with Gasteiger partial charge in [-0.2, -0.15) is 52.7 Å². The van der Waals surface area contributed by atoms with E-state index in [0.717, 1.165) is 45.9 Å². The molecule has 3 radical (unpaired) electrons. The van der Waals surface area contributed by atoms with Gasteiger partial charge in [0, 0.05) is 74.8 Å². The molecule has 32 heteroatoms. The molecule has 0 amide bonds. The zero-order valence-electron chi connectivity index (χ0n) is 59.8. The fraction of sp³-hybridized carbons (Fsp3) is 0.500. The van der Waals surface area contributed by atoms with Gasteiger partial charge >= 0.3 is 54.3 Å². The maximum atomic E-state index is 13.7. The standard InChI is InChI=1S/C17H12ClF3N2O.C17H15F3N2O.C17H13F3N2O.C16H14ClF3N2O.C7H16O3.CH4O.CH4.B.Na.H/c18-10-3-8-9(13-14(10)23-6-22-13)5-16-2-1-7(4-16)15(24)12(11(8)16)17(19,20)21;2*18-17(19,20)13-12-9-1-2-11-14(22-7-21-11)10(9)6-16(12)4-3-8(5-16)15(13)23;17-9-3-7-8(12(21)13(9)22)5-15-2-1-6(4-15)14(23)11(10(7)15)16(18,19)20;1-4-8-7(9-5-2)10-6-3;1-2;;;;/h3,6-7H,1-2,4-5H2,(H,22,23);1-2,7-8,15,23H,3-6H2,(H,21,22);1-2,7-8H,3-6H2,(H,21,22);3,6H,1-2,4-5,21-22H2;7H,4-6H2,1-3H3;2H,1H3;1H4;;;/q;;;;;;;;+1;-1/t7-,16+;8-,15-,16+;8-,16+;6-,15+;;;;;;/m1111....../s1. The summed E-state index contributed by atoms with van der Waals surface area (Å²) in [6.45, 7) is 7.10. The van der Waals surface area contributed by atoms with E-state index >= 15 is 0 Å². The Labute approximate surface area is 648 Å². The zero-order valence-corrected chi connectivity index (χ0v) is 62.3. The Balaban J connectivity index is 0.000000146. The van der Waals surface area contributed by atoms with Crippen LogP contribution in [0.1, 0.15) is 151 Å². The van der Waals surface area contributed by atoms with Crippen molar-refractivity contribution in [1.82, 2.24) is 29.9 Å². The van der Waals surface area contributed by atoms with Gasteiger partial charge in [0.15, 0.2) is 17.3 Å². The van der Waals surface area contributed by atoms with Gasteiger partial charge in [-0.25, -0.2) is 15.0 Å². The van der Waals surface area contributed by atoms with Crippen LogP contribution in [0, 0.1) is 45.3 Å². The number of carbonyl (C=O) groups is 3. The summed E-state index contributed by atoms with van der Waals surface area (Å²) in [5.74, 6) is -4.06. The second-order valence-electron chi connectivity index (χ2n) is 29.4. The number of hydrogen-bond acceptors (Lipinski definition) is 13. The van der Waals surface area contributed by atoms with Crippen LogP contribution in [0.2, 0.25) is 10.0 Å². The second kappa shape index (κ2) is 29.5. The summed E-state index contributed by atoms with van der Waals surface area (Å²) in [4.78, 5) is 59.0. The van der Waals surface area contributed by atoms with Gasteiger partial charge in [0.1, 0.15) is 22.2 Å². The minimum absolute atomic E-state index is 0. The Hall–Kier alpha value is -6.54. The van der Waals surface area contributed by atoms with E-state index in [0.29, 0.717) is 172 Å². The molecule has 4 spiro atoms. The van der Waals surface area contributed by atoms with Crippen molar-refractivity contribution in [1.29, 1.82) is 0 Å². The van der Waals surface area contributed by atoms with E-state index < -0.39 is 116 Å². The first kappa shape index (κ1) is 82.4. The number of alkyl halides is 12. The molecule has 9 atom stereocenters. The molecule has 0 unspecified atom stereocenters. The van der Waals surface area contributed by atoms with Gasteiger partial charge in [-0.15, -0.1) is 0 Å². The Morgan fingerprint density at radius 2 is 0.889 bits per heavy atom. The van der Waals surface area contributed by atoms with Crippen molar-refractivity contribution in [2.45, 2.75) is 168 Å². The minimum atomic E-state index is -4.68. The molecule has 4 fully saturated rings. The van der Waals surface area contributed by atoms with E-state index in [-0.39, 0.29) is 85.9 Å². The maximum Gasteiger partial charge on any atom is 1.00 e. The number of aliphatic hydroxyl groups is 2. The van der Waals surface area contributed by atoms with Gasteiger partial charge in [0.25, 0.3) is 6.48 Å². The van der Waals surface area contributed by atoms with Crippen LogP contribution in [0.3, 0.4) is 0 Å². The molecule has 7 aromatic rings. The van der Waals surface area contributed by atoms with E-state index in [1.807, 2.05) is 20.8 Å². The Morgan fingerprint density at radius 1 is 0.519 bits per heavy atom. The first-order valence-corrected chi connectivity index (χ1v) is 35.7. The Morgan fingerprint density at radius 3 is 1.32 bits per heavy atom. The second-order valence-corrected chi connectivity index (χ2v) is 30.2. The number of anilines is 2. The van der Waals surface area contributed by atoms with Crippen LogP contribution in [-0.4, -0.2) is 130 Å². The number of ether oxygens (including phenoxy) is 3. The number of aliphatic hydroxyl groups excluding tert-OH is 2. The van der Waals surface area contributed by atoms with Crippen LogP contribution < -0.4 is 41.0 Å². The molecule has 12 aliphatic carbocycles. The SMILES string of the molecule is C.CCOC(OCC)OCC.CO.Nc1c(Cl)cc2c(c1N)C[C@]13CC[C@H](C1)C(=O)C(C(F)(F)F)=C23.O=C1C(C(F)(F)F)=C2c3cc(Cl)c4nc[nH]c4c3C[C@@]23CC[C@@H]1C3.O=C1C(C(F)(F)F)=C2c3ccc4[nH]cnc4c3C[C@@]23CC[C@@H]1C3.O[C@H]1C(C(F)(F)F)=C2c3ccc4[nH]cnc4c3C[C@@]23CC[C@@H]1C3.[B].[H-].[Na+]. The third kappa shape index (κ3) is 13.2. The Kier molecular flexibility index (Phi) is 22.5. The van der Waals surface area contributed by atoms with Crippen molar-refractivity contribution in [2.75, 3.05) is 38.4 Å². The monoisotopic (exact) mass is 1560 g/mol. The molecule has 3 heterocycles. The van der Waals surface area contributed by atoms with Crippen LogP contribution in [0.5, 0.6) is 0 Å². The normalized spacial score (nSPS) is 26.8. The van der Waals surface area contributed by atoms with E-state index in [4.69, 9.17) is 54.0 Å². The number of aromatic nitrogens is 6. The number of ketones is 3. The van der Waals surface area contributed by atoms with Gasteiger partial charge in [0.2, 0.25) is 0 Å². The molecular weight excluding hydrogens is 1490 g/mol. The van der Waals surface area contributed by atoms with Crippen LogP contribution in [0.25, 0.3) is 55.4 Å². The van der Waals surface area contributed by atoms with Gasteiger partial charge < -0.3 is 52.3 Å². The number of aromatic amines is 3. The summed E-state index contributed by atoms with van der Waals surface area (Å²) in [7, 11) is 1.00. The number of allylic oxidation sites excluding steroid dienone is 7. The molecule has 16 nitrogen and oxygen atoms in total. The molecule has 4 saturated carbocycles. The number of halogens is 14. The summed E-state index contributed by atoms with van der Waals surface area (Å²) >= 11 is 12.3. The van der Waals surface area contributed by atoms with E-state index in [2.05, 4.69) is 29.9 Å². The zero-order chi connectivity index (χ0) is 75.4. The average molecular weight is 1570 g/mol. The van der Waals surface area contributed by atoms with Crippen LogP contribution in [0.4, 0.5) is 64.1 Å². The maximum absolute atomic E-state index is 13.7. The van der Waals surface area contributed by atoms with Crippen molar-refractivity contribution in [3.63, 3.8) is 0 Å². The number of rotatable bonds is 6. The van der Waals surface area contributed by atoms with Crippen molar-refractivity contribution in [3.05, 3.63) is 132 Å². The summed E-state index contributed by atoms with van der Waals surface area (Å²) in [5.41, 5.74) is 16.9. The molecular formula is C76H79BCl2F12N8NaO8. The number of fused-ring (bicyclic) bond motifs is 18. The number of benzene rings is 4. The molecule has 108 heavy (non-hydrogen) atoms. The fourth-order valence-corrected chi connectivity index (χ4v) is 20.7. The number of H-pyrrole nitrogens is 3. The number of imidazole rings is 3. The molecule has 8 bridgehead atoms. The van der Waals surface area contributed by atoms with Gasteiger partial charge in [-0.1, -0.05) is 42.8 Å². The number of nitrogens with zero attached hydrogens (tertiary/aromatic N) is 3. The van der Waals surface area contributed by atoms with Crippen molar-refractivity contribution < 1.29 is 122 Å². The van der Waals surface area contributed by atoms with Crippen LogP contribution in [0.15, 0.2) is 77.7 Å². The molecule has 12 aliphatic rings. The fourth-order valence-electron chi connectivity index (χ4n) is 20.2. The van der Waals surface area contributed by atoms with Crippen molar-refractivity contribution in [3.8, 4) is 0 Å². The van der Waals surface area contributed by atoms with E-state index in [9.17, 15) is 72.2 Å². The van der Waals surface area contributed by atoms with Crippen molar-refractivity contribution in [2.24, 2.45) is 45.3 Å². The third-order valence-corrected chi connectivity index (χ3v) is 24.6. The number of nitrogen functional groups attached to an aromatic ring is 2. The smallest absolute Gasteiger partial charge is 1.00 e. The van der Waals surface area contributed by atoms with Crippen molar-refractivity contribution >= 4 is 116 Å². The predicted octanol–water partition coefficient (Wildman–Crippen LogP) is 14.0. The summed E-state index contributed by atoms with van der Waals surface area (Å²) in [6, 6.07) is 10.0. The van der Waals surface area contributed by atoms with Gasteiger partial charge in [-0.05, 0) is 220 Å². The van der Waals surface area contributed by atoms with Gasteiger partial charge in [0.05, 0.1) is 79.7 Å². The van der Waals surface area contributed by atoms with E-state index in [1.165, 1.54) is 12.4 Å². The number of hydrogen-bond donors (Lipinski definition) is 7. The predicted molar refractivity (Wildman–Crippen MR) is 381 cm³/mol. The molecule has 4 aromatic carbocycles. The first-order valence-electron chi connectivity index (χ1n) is 34.9. The molecule has 573 valence electrons. The average Bonchev–Trinajstić information content (AvgIpc) is 1.56. The summed E-state index contributed by atoms with van der Waals surface area (Å²) in [5, 5.41) is 17.8. The number of nitrogens with one attached hydrogen (secondary N) is 3. The quantitative estimate of drug-likeness (QED) is 0.0354. The third-order valence-electron chi connectivity index (χ3n) is 24.0. The molecule has 0 saturated heterocycles. The Bertz CT molecular complexity index is 4900. The molecule has 9 N–H and O–H groups in total.